The van der Waals surface area contributed by atoms with Crippen LogP contribution >= 0.6 is 0 Å². The summed E-state index contributed by atoms with van der Waals surface area (Å²) in [6.07, 6.45) is 3.18. The van der Waals surface area contributed by atoms with Gasteiger partial charge in [0.15, 0.2) is 5.78 Å². The normalized spacial score (nSPS) is 19.0. The zero-order chi connectivity index (χ0) is 16.8. The summed E-state index contributed by atoms with van der Waals surface area (Å²) in [6, 6.07) is 10.7. The Balaban J connectivity index is 1.98. The number of benzene rings is 1. The molecule has 6 nitrogen and oxygen atoms in total. The molecule has 1 aliphatic heterocycles. The number of nitrogens with one attached hydrogen (secondary N) is 1. The van der Waals surface area contributed by atoms with Crippen molar-refractivity contribution in [1.29, 1.82) is 0 Å². The topological polar surface area (TPSA) is 85.1 Å². The number of dihydropyridines is 1. The average Bonchev–Trinajstić information content (AvgIpc) is 2.87. The van der Waals surface area contributed by atoms with Crippen molar-refractivity contribution in [2.24, 2.45) is 0 Å². The van der Waals surface area contributed by atoms with E-state index < -0.39 is 10.8 Å². The molecule has 0 saturated carbocycles. The van der Waals surface area contributed by atoms with Crippen LogP contribution in [0.1, 0.15) is 34.3 Å². The van der Waals surface area contributed by atoms with E-state index in [4.69, 9.17) is 0 Å². The molecule has 1 aliphatic carbocycles. The van der Waals surface area contributed by atoms with E-state index in [-0.39, 0.29) is 11.5 Å². The lowest BCUT2D eigenvalue weighted by Crippen LogP contribution is -2.28. The van der Waals surface area contributed by atoms with Crippen molar-refractivity contribution in [3.8, 4) is 0 Å². The lowest BCUT2D eigenvalue weighted by Gasteiger charge is -2.24. The Kier molecular flexibility index (Phi) is 3.06. The zero-order valence-electron chi connectivity index (χ0n) is 12.8. The predicted molar refractivity (Wildman–Crippen MR) is 87.5 cm³/mol. The maximum atomic E-state index is 12.9. The maximum absolute atomic E-state index is 12.9. The van der Waals surface area contributed by atoms with E-state index in [0.29, 0.717) is 28.1 Å². The minimum atomic E-state index is -0.732. The van der Waals surface area contributed by atoms with Crippen molar-refractivity contribution < 1.29 is 9.72 Å². The molecule has 4 rings (SSSR count). The highest BCUT2D eigenvalue weighted by molar-refractivity contribution is 6.22. The highest BCUT2D eigenvalue weighted by Crippen LogP contribution is 2.46. The molecule has 2 heterocycles. The molecule has 118 valence electrons. The first-order valence-corrected chi connectivity index (χ1v) is 7.50. The fraction of sp³-hybridized carbons (Fsp3) is 0.111. The molecule has 1 unspecified atom stereocenters. The van der Waals surface area contributed by atoms with Crippen LogP contribution in [0.3, 0.4) is 0 Å². The maximum Gasteiger partial charge on any atom is 0.277 e. The lowest BCUT2D eigenvalue weighted by molar-refractivity contribution is -0.430. The Morgan fingerprint density at radius 3 is 2.58 bits per heavy atom. The van der Waals surface area contributed by atoms with Crippen LogP contribution in [0.5, 0.6) is 0 Å². The van der Waals surface area contributed by atoms with Crippen LogP contribution in [-0.2, 0) is 0 Å². The number of aromatic nitrogens is 1. The monoisotopic (exact) mass is 319 g/mol. The summed E-state index contributed by atoms with van der Waals surface area (Å²) < 4.78 is 0. The van der Waals surface area contributed by atoms with Gasteiger partial charge in [0.25, 0.3) is 5.70 Å². The molecule has 2 aliphatic rings. The molecular weight excluding hydrogens is 306 g/mol. The van der Waals surface area contributed by atoms with Crippen molar-refractivity contribution in [3.63, 3.8) is 0 Å². The number of rotatable bonds is 2. The molecule has 0 saturated heterocycles. The summed E-state index contributed by atoms with van der Waals surface area (Å²) in [5.41, 5.74) is 3.50. The van der Waals surface area contributed by atoms with Crippen LogP contribution in [0, 0.1) is 10.1 Å². The van der Waals surface area contributed by atoms with Crippen molar-refractivity contribution >= 4 is 11.5 Å². The molecule has 1 aromatic heterocycles. The van der Waals surface area contributed by atoms with Crippen molar-refractivity contribution in [2.75, 3.05) is 0 Å². The molecule has 0 amide bonds. The summed E-state index contributed by atoms with van der Waals surface area (Å²) in [6.45, 7) is 1.66. The Morgan fingerprint density at radius 1 is 1.17 bits per heavy atom. The second kappa shape index (κ2) is 5.13. The second-order valence-corrected chi connectivity index (χ2v) is 5.78. The van der Waals surface area contributed by atoms with E-state index in [0.717, 1.165) is 5.56 Å². The first-order chi connectivity index (χ1) is 11.6. The minimum absolute atomic E-state index is 0.0112. The molecule has 6 heteroatoms. The number of hydrogen-bond donors (Lipinski definition) is 1. The average molecular weight is 319 g/mol. The zero-order valence-corrected chi connectivity index (χ0v) is 12.8. The van der Waals surface area contributed by atoms with Gasteiger partial charge in [0.2, 0.25) is 0 Å². The van der Waals surface area contributed by atoms with Gasteiger partial charge in [-0.1, -0.05) is 30.3 Å². The second-order valence-electron chi connectivity index (χ2n) is 5.78. The molecule has 1 N–H and O–H groups in total. The molecular formula is C18H13N3O3. The number of Topliss-reactive ketones (excluding diaryl/α,β-unsaturated/α-hetero) is 1. The molecule has 0 bridgehead atoms. The SMILES string of the molecule is CC1=C([N+](=O)[O-])C(c2cccnc2)C2=C(N1)c1ccccc1C2=O. The van der Waals surface area contributed by atoms with Crippen LogP contribution in [0.4, 0.5) is 0 Å². The number of carbonyl (C=O) groups excluding carboxylic acids is 1. The Morgan fingerprint density at radius 2 is 1.92 bits per heavy atom. The Labute approximate surface area is 137 Å². The Hall–Kier alpha value is -3.28. The van der Waals surface area contributed by atoms with E-state index in [1.54, 1.807) is 43.6 Å². The summed E-state index contributed by atoms with van der Waals surface area (Å²) in [7, 11) is 0. The van der Waals surface area contributed by atoms with E-state index in [1.807, 2.05) is 12.1 Å². The summed E-state index contributed by atoms with van der Waals surface area (Å²) >= 11 is 0. The molecule has 24 heavy (non-hydrogen) atoms. The standard InChI is InChI=1S/C18H13N3O3/c1-10-17(21(23)24)14(11-5-4-8-19-9-11)15-16(20-10)12-6-2-3-7-13(12)18(15)22/h2-9,14,20H,1H3. The molecule has 2 aromatic rings. The summed E-state index contributed by atoms with van der Waals surface area (Å²) in [5.74, 6) is -0.904. The smallest absolute Gasteiger partial charge is 0.277 e. The van der Waals surface area contributed by atoms with E-state index in [9.17, 15) is 14.9 Å². The number of carbonyl (C=O) groups is 1. The van der Waals surface area contributed by atoms with Gasteiger partial charge in [-0.05, 0) is 18.6 Å². The van der Waals surface area contributed by atoms with Gasteiger partial charge in [0.1, 0.15) is 5.92 Å². The van der Waals surface area contributed by atoms with Crippen LogP contribution in [0.25, 0.3) is 5.70 Å². The first kappa shape index (κ1) is 14.3. The fourth-order valence-electron chi connectivity index (χ4n) is 3.43. The highest BCUT2D eigenvalue weighted by Gasteiger charge is 2.45. The van der Waals surface area contributed by atoms with Crippen LogP contribution in [0.2, 0.25) is 0 Å². The number of hydrogen-bond acceptors (Lipinski definition) is 5. The van der Waals surface area contributed by atoms with Crippen molar-refractivity contribution in [2.45, 2.75) is 12.8 Å². The predicted octanol–water partition coefficient (Wildman–Crippen LogP) is 2.88. The van der Waals surface area contributed by atoms with Gasteiger partial charge in [-0.25, -0.2) is 0 Å². The molecule has 0 spiro atoms. The Bertz CT molecular complexity index is 945. The van der Waals surface area contributed by atoms with Crippen LogP contribution < -0.4 is 5.32 Å². The van der Waals surface area contributed by atoms with Crippen LogP contribution in [-0.4, -0.2) is 15.7 Å². The van der Waals surface area contributed by atoms with Crippen LogP contribution in [0.15, 0.2) is 65.8 Å². The fourth-order valence-corrected chi connectivity index (χ4v) is 3.43. The molecule has 1 aromatic carbocycles. The summed E-state index contributed by atoms with van der Waals surface area (Å²) in [4.78, 5) is 28.2. The van der Waals surface area contributed by atoms with E-state index >= 15 is 0 Å². The van der Waals surface area contributed by atoms with Gasteiger partial charge < -0.3 is 5.32 Å². The molecule has 1 atom stereocenters. The third-order valence-electron chi connectivity index (χ3n) is 4.43. The van der Waals surface area contributed by atoms with Crippen molar-refractivity contribution in [3.05, 3.63) is 92.6 Å². The number of pyridine rings is 1. The quantitative estimate of drug-likeness (QED) is 0.679. The lowest BCUT2D eigenvalue weighted by atomic mass is 9.84. The van der Waals surface area contributed by atoms with Gasteiger partial charge >= 0.3 is 0 Å². The largest absolute Gasteiger partial charge is 0.353 e. The number of nitrogens with zero attached hydrogens (tertiary/aromatic N) is 2. The molecule has 0 radical (unpaired) electrons. The first-order valence-electron chi connectivity index (χ1n) is 7.50. The number of nitro groups is 1. The third kappa shape index (κ3) is 1.89. The minimum Gasteiger partial charge on any atom is -0.353 e. The molecule has 0 fully saturated rings. The van der Waals surface area contributed by atoms with Crippen molar-refractivity contribution in [1.82, 2.24) is 10.3 Å². The van der Waals surface area contributed by atoms with E-state index in [2.05, 4.69) is 10.3 Å². The number of allylic oxidation sites excluding steroid dienone is 2. The number of fused-ring (bicyclic) bond motifs is 2. The van der Waals surface area contributed by atoms with Gasteiger partial charge in [0.05, 0.1) is 16.3 Å². The summed E-state index contributed by atoms with van der Waals surface area (Å²) in [5, 5.41) is 14.7. The van der Waals surface area contributed by atoms with Gasteiger partial charge in [-0.2, -0.15) is 0 Å². The van der Waals surface area contributed by atoms with Gasteiger partial charge in [-0.15, -0.1) is 0 Å². The number of ketones is 1. The van der Waals surface area contributed by atoms with Gasteiger partial charge in [-0.3, -0.25) is 19.9 Å². The third-order valence-corrected chi connectivity index (χ3v) is 4.43. The van der Waals surface area contributed by atoms with E-state index in [1.165, 1.54) is 0 Å². The highest BCUT2D eigenvalue weighted by atomic mass is 16.6. The van der Waals surface area contributed by atoms with Gasteiger partial charge in [0, 0.05) is 29.1 Å².